The molecule has 1 fully saturated rings. The van der Waals surface area contributed by atoms with Gasteiger partial charge in [-0.3, -0.25) is 0 Å². The molecule has 1 aliphatic rings. The van der Waals surface area contributed by atoms with Crippen LogP contribution in [-0.4, -0.2) is 11.7 Å². The number of benzene rings is 2. The Labute approximate surface area is 141 Å². The molecule has 1 unspecified atom stereocenters. The molecule has 1 atom stereocenters. The van der Waals surface area contributed by atoms with Gasteiger partial charge in [0.1, 0.15) is 6.10 Å². The molecule has 0 amide bonds. The maximum Gasteiger partial charge on any atom is 0.106 e. The summed E-state index contributed by atoms with van der Waals surface area (Å²) in [6.07, 6.45) is 2.00. The van der Waals surface area contributed by atoms with Crippen LogP contribution in [0.1, 0.15) is 36.5 Å². The van der Waals surface area contributed by atoms with Crippen LogP contribution in [-0.2, 0) is 0 Å². The van der Waals surface area contributed by atoms with E-state index < -0.39 is 6.10 Å². The van der Waals surface area contributed by atoms with Gasteiger partial charge in [-0.1, -0.05) is 41.9 Å². The number of rotatable bonds is 6. The van der Waals surface area contributed by atoms with Crippen molar-refractivity contribution in [3.63, 3.8) is 0 Å². The van der Waals surface area contributed by atoms with E-state index in [1.165, 1.54) is 0 Å². The molecule has 0 aromatic heterocycles. The number of aliphatic hydroxyl groups excluding tert-OH is 1. The first-order valence-corrected chi connectivity index (χ1v) is 8.15. The number of nitrogens with one attached hydrogen (secondary N) is 1. The summed E-state index contributed by atoms with van der Waals surface area (Å²) in [5.74, 6) is 0. The second-order valence-corrected chi connectivity index (χ2v) is 6.67. The fourth-order valence-corrected chi connectivity index (χ4v) is 2.96. The van der Waals surface area contributed by atoms with Gasteiger partial charge in [0.25, 0.3) is 0 Å². The van der Waals surface area contributed by atoms with E-state index in [0.717, 1.165) is 36.2 Å². The lowest BCUT2D eigenvalue weighted by atomic mass is 9.98. The first kappa shape index (κ1) is 15.9. The standard InChI is InChI=1S/C19H19ClN2O/c20-15-6-7-17(22-13-19(8-9-19)10-11-21)16(12-15)18(23)14-4-2-1-3-5-14/h1-7,12,18,22-23H,8-10,13H2. The van der Waals surface area contributed by atoms with E-state index in [9.17, 15) is 5.11 Å². The summed E-state index contributed by atoms with van der Waals surface area (Å²) in [5, 5.41) is 23.6. The zero-order chi connectivity index (χ0) is 16.3. The smallest absolute Gasteiger partial charge is 0.106 e. The predicted molar refractivity (Wildman–Crippen MR) is 92.3 cm³/mol. The summed E-state index contributed by atoms with van der Waals surface area (Å²) in [7, 11) is 0. The van der Waals surface area contributed by atoms with Crippen LogP contribution in [0.4, 0.5) is 5.69 Å². The Bertz CT molecular complexity index is 720. The highest BCUT2D eigenvalue weighted by molar-refractivity contribution is 6.30. The van der Waals surface area contributed by atoms with Crippen LogP contribution in [0.25, 0.3) is 0 Å². The Balaban J connectivity index is 1.82. The summed E-state index contributed by atoms with van der Waals surface area (Å²) in [6, 6.07) is 17.3. The highest BCUT2D eigenvalue weighted by atomic mass is 35.5. The molecular formula is C19H19ClN2O. The Morgan fingerprint density at radius 2 is 1.96 bits per heavy atom. The molecule has 118 valence electrons. The topological polar surface area (TPSA) is 56.0 Å². The van der Waals surface area contributed by atoms with Crippen LogP contribution in [0.15, 0.2) is 48.5 Å². The number of aliphatic hydroxyl groups is 1. The zero-order valence-corrected chi connectivity index (χ0v) is 13.6. The summed E-state index contributed by atoms with van der Waals surface area (Å²) in [5.41, 5.74) is 2.56. The zero-order valence-electron chi connectivity index (χ0n) is 12.8. The number of anilines is 1. The molecule has 2 N–H and O–H groups in total. The molecule has 23 heavy (non-hydrogen) atoms. The van der Waals surface area contributed by atoms with Crippen molar-refractivity contribution in [2.45, 2.75) is 25.4 Å². The van der Waals surface area contributed by atoms with Crippen LogP contribution in [0.5, 0.6) is 0 Å². The van der Waals surface area contributed by atoms with Crippen LogP contribution in [0, 0.1) is 16.7 Å². The van der Waals surface area contributed by atoms with E-state index in [1.54, 1.807) is 6.07 Å². The molecule has 0 saturated heterocycles. The highest BCUT2D eigenvalue weighted by Gasteiger charge is 2.42. The maximum absolute atomic E-state index is 10.7. The number of hydrogen-bond donors (Lipinski definition) is 2. The summed E-state index contributed by atoms with van der Waals surface area (Å²) >= 11 is 6.12. The maximum atomic E-state index is 10.7. The Hall–Kier alpha value is -2.02. The van der Waals surface area contributed by atoms with E-state index >= 15 is 0 Å². The van der Waals surface area contributed by atoms with Crippen molar-refractivity contribution in [2.24, 2.45) is 5.41 Å². The minimum Gasteiger partial charge on any atom is -0.384 e. The van der Waals surface area contributed by atoms with Crippen LogP contribution in [0.2, 0.25) is 5.02 Å². The number of nitrogens with zero attached hydrogens (tertiary/aromatic N) is 1. The van der Waals surface area contributed by atoms with Crippen molar-refractivity contribution >= 4 is 17.3 Å². The molecule has 0 spiro atoms. The van der Waals surface area contributed by atoms with Crippen LogP contribution >= 0.6 is 11.6 Å². The van der Waals surface area contributed by atoms with Gasteiger partial charge in [-0.2, -0.15) is 5.26 Å². The summed E-state index contributed by atoms with van der Waals surface area (Å²) < 4.78 is 0. The van der Waals surface area contributed by atoms with Gasteiger partial charge in [0.2, 0.25) is 0 Å². The second kappa shape index (κ2) is 6.62. The molecule has 0 radical (unpaired) electrons. The first-order valence-electron chi connectivity index (χ1n) is 7.77. The minimum absolute atomic E-state index is 0.101. The number of nitriles is 1. The molecule has 0 heterocycles. The SMILES string of the molecule is N#CCC1(CNc2ccc(Cl)cc2C(O)c2ccccc2)CC1. The average molecular weight is 327 g/mol. The Morgan fingerprint density at radius 3 is 2.61 bits per heavy atom. The third-order valence-electron chi connectivity index (χ3n) is 4.49. The van der Waals surface area contributed by atoms with Gasteiger partial charge in [-0.25, -0.2) is 0 Å². The van der Waals surface area contributed by atoms with E-state index in [1.807, 2.05) is 42.5 Å². The molecule has 4 heteroatoms. The first-order chi connectivity index (χ1) is 11.1. The summed E-state index contributed by atoms with van der Waals surface area (Å²) in [6.45, 7) is 0.747. The molecule has 0 aliphatic heterocycles. The highest BCUT2D eigenvalue weighted by Crippen LogP contribution is 2.48. The minimum atomic E-state index is -0.733. The van der Waals surface area contributed by atoms with Crippen molar-refractivity contribution in [3.05, 3.63) is 64.7 Å². The molecular weight excluding hydrogens is 308 g/mol. The quantitative estimate of drug-likeness (QED) is 0.820. The van der Waals surface area contributed by atoms with Crippen molar-refractivity contribution in [3.8, 4) is 6.07 Å². The van der Waals surface area contributed by atoms with Crippen molar-refractivity contribution < 1.29 is 5.11 Å². The Kier molecular flexibility index (Phi) is 4.56. The lowest BCUT2D eigenvalue weighted by Gasteiger charge is -2.20. The fourth-order valence-electron chi connectivity index (χ4n) is 2.78. The van der Waals surface area contributed by atoms with Gasteiger partial charge in [0, 0.05) is 34.7 Å². The monoisotopic (exact) mass is 326 g/mol. The van der Waals surface area contributed by atoms with Crippen LogP contribution in [0.3, 0.4) is 0 Å². The second-order valence-electron chi connectivity index (χ2n) is 6.23. The average Bonchev–Trinajstić information content (AvgIpc) is 3.34. The van der Waals surface area contributed by atoms with Gasteiger partial charge < -0.3 is 10.4 Å². The van der Waals surface area contributed by atoms with E-state index in [-0.39, 0.29) is 5.41 Å². The third-order valence-corrected chi connectivity index (χ3v) is 4.72. The van der Waals surface area contributed by atoms with Gasteiger partial charge in [-0.05, 0) is 36.6 Å². The number of halogens is 1. The van der Waals surface area contributed by atoms with Gasteiger partial charge in [0.05, 0.1) is 6.07 Å². The van der Waals surface area contributed by atoms with Crippen molar-refractivity contribution in [1.29, 1.82) is 5.26 Å². The fraction of sp³-hybridized carbons (Fsp3) is 0.316. The van der Waals surface area contributed by atoms with Gasteiger partial charge >= 0.3 is 0 Å². The van der Waals surface area contributed by atoms with Crippen LogP contribution < -0.4 is 5.32 Å². The lowest BCUT2D eigenvalue weighted by molar-refractivity contribution is 0.221. The van der Waals surface area contributed by atoms with E-state index in [0.29, 0.717) is 11.4 Å². The van der Waals surface area contributed by atoms with Crippen molar-refractivity contribution in [2.75, 3.05) is 11.9 Å². The molecule has 3 rings (SSSR count). The largest absolute Gasteiger partial charge is 0.384 e. The van der Waals surface area contributed by atoms with Gasteiger partial charge in [-0.15, -0.1) is 0 Å². The summed E-state index contributed by atoms with van der Waals surface area (Å²) in [4.78, 5) is 0. The molecule has 2 aromatic carbocycles. The van der Waals surface area contributed by atoms with Gasteiger partial charge in [0.15, 0.2) is 0 Å². The Morgan fingerprint density at radius 1 is 1.22 bits per heavy atom. The molecule has 3 nitrogen and oxygen atoms in total. The number of hydrogen-bond acceptors (Lipinski definition) is 3. The lowest BCUT2D eigenvalue weighted by Crippen LogP contribution is -2.16. The van der Waals surface area contributed by atoms with E-state index in [4.69, 9.17) is 16.9 Å². The molecule has 1 saturated carbocycles. The van der Waals surface area contributed by atoms with Crippen molar-refractivity contribution in [1.82, 2.24) is 0 Å². The van der Waals surface area contributed by atoms with E-state index in [2.05, 4.69) is 11.4 Å². The third kappa shape index (κ3) is 3.67. The normalized spacial score (nSPS) is 16.4. The predicted octanol–water partition coefficient (Wildman–Crippen LogP) is 4.53. The molecule has 1 aliphatic carbocycles. The molecule has 0 bridgehead atoms. The molecule has 2 aromatic rings.